The molecule has 0 aliphatic rings. The van der Waals surface area contributed by atoms with Gasteiger partial charge in [-0.1, -0.05) is 72.8 Å². The van der Waals surface area contributed by atoms with Crippen molar-refractivity contribution in [2.75, 3.05) is 0 Å². The molecule has 131 heavy (non-hydrogen) atoms. The quantitative estimate of drug-likeness (QED) is 0.144. The highest BCUT2D eigenvalue weighted by Gasteiger charge is 2.29. The second-order valence-electron chi connectivity index (χ2n) is 33.7. The van der Waals surface area contributed by atoms with Gasteiger partial charge < -0.3 is 26.5 Å². The Balaban J connectivity index is 0.000000104. The Hall–Kier alpha value is -16.1. The van der Waals surface area contributed by atoms with Gasteiger partial charge in [0.25, 0.3) is 0 Å². The fourth-order valence-corrected chi connectivity index (χ4v) is 18.3. The highest BCUT2D eigenvalue weighted by Crippen LogP contribution is 2.44. The minimum atomic E-state index is -2.29. The molecular weight excluding hydrogens is 1620 g/mol. The Morgan fingerprint density at radius 1 is 0.244 bits per heavy atom. The predicted octanol–water partition coefficient (Wildman–Crippen LogP) is 24.2. The van der Waals surface area contributed by atoms with Crippen molar-refractivity contribution in [2.24, 2.45) is 42.3 Å². The molecule has 0 N–H and O–H groups in total. The molecule has 0 aliphatic carbocycles. The van der Waals surface area contributed by atoms with Gasteiger partial charge in [0, 0.05) is 214 Å². The molecule has 24 aromatic rings. The molecule has 0 saturated heterocycles. The third kappa shape index (κ3) is 15.6. The number of pyridine rings is 12. The highest BCUT2D eigenvalue weighted by molar-refractivity contribution is 6.15. The van der Waals surface area contributed by atoms with Gasteiger partial charge in [-0.25, -0.2) is 27.4 Å². The van der Waals surface area contributed by atoms with Crippen LogP contribution in [0.1, 0.15) is 66.0 Å². The predicted molar refractivity (Wildman–Crippen MR) is 521 cm³/mol. The van der Waals surface area contributed by atoms with Gasteiger partial charge >= 0.3 is 0 Å². The molecule has 642 valence electrons. The van der Waals surface area contributed by atoms with Gasteiger partial charge in [0.2, 0.25) is 34.2 Å². The lowest BCUT2D eigenvalue weighted by Gasteiger charge is -2.05. The van der Waals surface area contributed by atoms with Crippen LogP contribution in [0.25, 0.3) is 199 Å². The number of benzene rings is 6. The topological polar surface area (TPSA) is 179 Å². The first kappa shape index (κ1) is 80.7. The fourth-order valence-electron chi connectivity index (χ4n) is 18.3. The summed E-state index contributed by atoms with van der Waals surface area (Å²) in [6.45, 7) is 18.4. The molecule has 18 heterocycles. The number of furan rings is 6. The summed E-state index contributed by atoms with van der Waals surface area (Å²) in [5.74, 6) is 0. The van der Waals surface area contributed by atoms with Crippen LogP contribution in [0.2, 0.25) is 0 Å². The van der Waals surface area contributed by atoms with Crippen molar-refractivity contribution in [2.45, 2.75) is 76.1 Å². The molecule has 0 radical (unpaired) electrons. The minimum absolute atomic E-state index is 0.0796. The zero-order chi connectivity index (χ0) is 93.2. The second-order valence-corrected chi connectivity index (χ2v) is 33.7. The number of rotatable bonds is 6. The van der Waals surface area contributed by atoms with Gasteiger partial charge in [-0.3, -0.25) is 29.9 Å². The number of nitrogens with zero attached hydrogens (tertiary/aromatic N) is 12. The number of aromatic nitrogens is 12. The van der Waals surface area contributed by atoms with Crippen LogP contribution in [-0.4, -0.2) is 29.9 Å². The summed E-state index contributed by atoms with van der Waals surface area (Å²) in [6.07, 6.45) is 23.0. The maximum absolute atomic E-state index is 7.79. The van der Waals surface area contributed by atoms with Crippen molar-refractivity contribution in [3.8, 4) is 67.5 Å². The van der Waals surface area contributed by atoms with Gasteiger partial charge in [0.1, 0.15) is 109 Å². The molecule has 0 amide bonds. The summed E-state index contributed by atoms with van der Waals surface area (Å²) < 4.78 is 73.0. The average Bonchev–Trinajstić information content (AvgIpc) is 2.30. The monoisotopic (exact) mass is 1720 g/mol. The van der Waals surface area contributed by atoms with E-state index in [1.165, 1.54) is 28.5 Å². The molecule has 0 saturated carbocycles. The number of fused-ring (bicyclic) bond motifs is 18. The zero-order valence-corrected chi connectivity index (χ0v) is 76.1. The number of aryl methyl sites for hydroxylation is 17. The van der Waals surface area contributed by atoms with Crippen molar-refractivity contribution < 1.29 is 58.0 Å². The van der Waals surface area contributed by atoms with Crippen molar-refractivity contribution in [3.63, 3.8) is 0 Å². The summed E-state index contributed by atoms with van der Waals surface area (Å²) in [7, 11) is 12.3. The van der Waals surface area contributed by atoms with E-state index in [9.17, 15) is 0 Å². The molecule has 18 nitrogen and oxygen atoms in total. The van der Waals surface area contributed by atoms with E-state index in [0.717, 1.165) is 217 Å². The van der Waals surface area contributed by atoms with Crippen LogP contribution in [-0.2, 0) is 42.3 Å². The van der Waals surface area contributed by atoms with Gasteiger partial charge in [-0.05, 0) is 176 Å². The molecule has 0 atom stereocenters. The Labute approximate surface area is 761 Å². The fraction of sp³-hybridized carbons (Fsp3) is 0.150. The van der Waals surface area contributed by atoms with Crippen LogP contribution in [0.15, 0.2) is 325 Å². The van der Waals surface area contributed by atoms with Gasteiger partial charge in [0.05, 0.1) is 33.4 Å². The maximum Gasteiger partial charge on any atom is 0.216 e. The van der Waals surface area contributed by atoms with Crippen molar-refractivity contribution >= 4 is 132 Å². The Bertz CT molecular complexity index is 8600. The Kier molecular flexibility index (Phi) is 21.5. The lowest BCUT2D eigenvalue weighted by Crippen LogP contribution is -2.30. The van der Waals surface area contributed by atoms with Crippen molar-refractivity contribution in [3.05, 3.63) is 361 Å². The van der Waals surface area contributed by atoms with E-state index >= 15 is 0 Å². The van der Waals surface area contributed by atoms with Crippen LogP contribution in [0.4, 0.5) is 0 Å². The standard InChI is InChI=1S/C20H19N2O.3C19H17N2O.2C18H15N2O/c1-12-8-9-15-19-14(3)21-13(2)11-17(19)23-20(15)18(12)16-7-5-6-10-22(16)4;2*1-12-7-8-14-18-13(2)20-10-9-16(18)22-19(14)17(12)15-6-4-5-11-21(15)3;1-12-7-8-14-15-11-20-13(2)10-17(15)22-19(14)18(12)16-6-4-5-9-21(16)3;1-12-11-19-17-13-7-3-4-9-15(13)21-18(17)16(12)14-8-5-6-10-20(14)2;1-12-6-7-13-14-11-19-9-8-16(14)21-18(13)17(12)15-5-3-4-10-20(15)2/h5-11H,1-4H3;3*4-11H,1-3H3;2*3-11H,1-2H3/q6*+1/i;2D3;;;;. The largest absolute Gasteiger partial charge is 0.455 e. The van der Waals surface area contributed by atoms with Crippen LogP contribution in [0.5, 0.6) is 0 Å². The van der Waals surface area contributed by atoms with Crippen molar-refractivity contribution in [1.29, 1.82) is 0 Å². The number of hydrogen-bond donors (Lipinski definition) is 0. The number of para-hydroxylation sites is 1. The summed E-state index contributed by atoms with van der Waals surface area (Å²) in [4.78, 5) is 26.3. The first-order valence-corrected chi connectivity index (χ1v) is 43.7. The molecular formula is C113H100N12O6+6. The third-order valence-electron chi connectivity index (χ3n) is 24.8. The Morgan fingerprint density at radius 3 is 1.02 bits per heavy atom. The van der Waals surface area contributed by atoms with Crippen LogP contribution >= 0.6 is 0 Å². The smallest absolute Gasteiger partial charge is 0.216 e. The lowest BCUT2D eigenvalue weighted by atomic mass is 10.0. The molecule has 18 aromatic heterocycles. The van der Waals surface area contributed by atoms with Crippen LogP contribution in [0, 0.1) is 76.1 Å². The molecule has 0 aliphatic heterocycles. The van der Waals surface area contributed by atoms with Crippen LogP contribution < -0.4 is 27.4 Å². The molecule has 0 unspecified atom stereocenters. The van der Waals surface area contributed by atoms with Gasteiger partial charge in [-0.2, -0.15) is 0 Å². The normalized spacial score (nSPS) is 11.8. The molecule has 0 bridgehead atoms. The SMILES string of the molecule is Cc1cc2oc3c(-c4cccc[n+]4C)c(C)ccc3c2c(C)n1.Cc1cc2oc3c(-c4cccc[n+]4C)c(C)ccc3c2cn1.Cc1ccc2c(oc3ccnc(C)c32)c1-c1cccc[n+]1C.Cc1ccc2c(oc3ccncc32)c1-c1cccc[n+]1C.Cc1cnc2c(oc3ccccc32)c1-c1cccc[n+]1C.[2H]C([2H])([2H])c1nccc2oc3c(-c4cccc[n+]4C)c(C)ccc3c12. The van der Waals surface area contributed by atoms with E-state index < -0.39 is 6.85 Å². The summed E-state index contributed by atoms with van der Waals surface area (Å²) in [5, 5.41) is 11.3. The van der Waals surface area contributed by atoms with Crippen molar-refractivity contribution in [1.82, 2.24) is 29.9 Å². The van der Waals surface area contributed by atoms with E-state index in [0.29, 0.717) is 16.6 Å². The van der Waals surface area contributed by atoms with Gasteiger partial charge in [-0.15, -0.1) is 0 Å². The Morgan fingerprint density at radius 2 is 0.580 bits per heavy atom. The highest BCUT2D eigenvalue weighted by atomic mass is 16.4. The molecule has 0 spiro atoms. The summed E-state index contributed by atoms with van der Waals surface area (Å²) in [5.41, 5.74) is 35.7. The first-order valence-electron chi connectivity index (χ1n) is 45.2. The lowest BCUT2D eigenvalue weighted by molar-refractivity contribution is -0.660. The summed E-state index contributed by atoms with van der Waals surface area (Å²) in [6, 6.07) is 75.7. The van der Waals surface area contributed by atoms with Gasteiger partial charge in [0.15, 0.2) is 42.8 Å². The van der Waals surface area contributed by atoms with Crippen LogP contribution in [0.3, 0.4) is 0 Å². The molecule has 6 aromatic carbocycles. The summed E-state index contributed by atoms with van der Waals surface area (Å²) >= 11 is 0. The molecule has 18 heteroatoms. The molecule has 24 rings (SSSR count). The average molecular weight is 1730 g/mol. The van der Waals surface area contributed by atoms with E-state index in [4.69, 9.17) is 30.6 Å². The van der Waals surface area contributed by atoms with E-state index in [1.807, 2.05) is 193 Å². The third-order valence-corrected chi connectivity index (χ3v) is 24.8. The first-order chi connectivity index (χ1) is 64.8. The number of hydrogen-bond acceptors (Lipinski definition) is 12. The molecule has 0 fully saturated rings. The maximum atomic E-state index is 7.79. The zero-order valence-electron chi connectivity index (χ0n) is 79.1. The van der Waals surface area contributed by atoms with E-state index in [2.05, 4.69) is 250 Å². The van der Waals surface area contributed by atoms with E-state index in [-0.39, 0.29) is 5.69 Å². The minimum Gasteiger partial charge on any atom is -0.455 e. The van der Waals surface area contributed by atoms with E-state index in [1.54, 1.807) is 18.5 Å². The second kappa shape index (κ2) is 34.9.